The molecule has 1 rings (SSSR count). The fraction of sp³-hybridized carbons (Fsp3) is 0.800. The number of hydrogen-bond acceptors (Lipinski definition) is 1. The number of rotatable bonds is 4. The van der Waals surface area contributed by atoms with Gasteiger partial charge in [0.25, 0.3) is 0 Å². The Labute approximate surface area is 102 Å². The summed E-state index contributed by atoms with van der Waals surface area (Å²) in [6.45, 7) is 11.0. The summed E-state index contributed by atoms with van der Waals surface area (Å²) in [4.78, 5) is 0. The quantitative estimate of drug-likeness (QED) is 0.744. The van der Waals surface area contributed by atoms with Crippen LogP contribution in [0.3, 0.4) is 0 Å². The van der Waals surface area contributed by atoms with Crippen LogP contribution in [0.2, 0.25) is 0 Å². The Balaban J connectivity index is 0.00000121. The van der Waals surface area contributed by atoms with Crippen LogP contribution in [0.1, 0.15) is 26.7 Å². The second kappa shape index (κ2) is 6.51. The molecule has 69 valence electrons. The topological polar surface area (TPSA) is 12.0 Å². The minimum atomic E-state index is 0. The molecule has 0 amide bonds. The van der Waals surface area contributed by atoms with Gasteiger partial charge in [-0.3, -0.25) is 5.92 Å². The zero-order chi connectivity index (χ0) is 8.27. The maximum atomic E-state index is 4.15. The van der Waals surface area contributed by atoms with Gasteiger partial charge >= 0.3 is 0 Å². The van der Waals surface area contributed by atoms with E-state index in [1.54, 1.807) is 5.92 Å². The van der Waals surface area contributed by atoms with E-state index in [1.807, 2.05) is 0 Å². The van der Waals surface area contributed by atoms with Crippen LogP contribution in [0.25, 0.3) is 0 Å². The van der Waals surface area contributed by atoms with Crippen LogP contribution in [0.4, 0.5) is 0 Å². The van der Waals surface area contributed by atoms with Crippen LogP contribution in [0, 0.1) is 24.7 Å². The van der Waals surface area contributed by atoms with E-state index in [0.29, 0.717) is 5.92 Å². The second-order valence-electron chi connectivity index (χ2n) is 4.05. The Bertz CT molecular complexity index is 110. The largest absolute Gasteiger partial charge is 0.375 e. The van der Waals surface area contributed by atoms with E-state index in [9.17, 15) is 0 Å². The van der Waals surface area contributed by atoms with E-state index in [0.717, 1.165) is 19.0 Å². The van der Waals surface area contributed by atoms with Gasteiger partial charge in [-0.2, -0.15) is 12.3 Å². The van der Waals surface area contributed by atoms with Gasteiger partial charge in [0.15, 0.2) is 0 Å². The molecule has 1 unspecified atom stereocenters. The molecular formula is C10H19NY-2. The molecule has 1 heterocycles. The third-order valence-corrected chi connectivity index (χ3v) is 2.13. The third kappa shape index (κ3) is 4.94. The zero-order valence-electron chi connectivity index (χ0n) is 8.27. The third-order valence-electron chi connectivity index (χ3n) is 2.13. The molecule has 0 aromatic rings. The molecule has 2 heteroatoms. The van der Waals surface area contributed by atoms with Crippen molar-refractivity contribution in [3.63, 3.8) is 0 Å². The van der Waals surface area contributed by atoms with Crippen LogP contribution in [0.15, 0.2) is 0 Å². The summed E-state index contributed by atoms with van der Waals surface area (Å²) in [5.74, 6) is 3.10. The van der Waals surface area contributed by atoms with Crippen molar-refractivity contribution in [2.24, 2.45) is 11.8 Å². The van der Waals surface area contributed by atoms with Crippen LogP contribution in [-0.4, -0.2) is 13.1 Å². The average molecular weight is 242 g/mol. The Kier molecular flexibility index (Phi) is 7.08. The summed E-state index contributed by atoms with van der Waals surface area (Å²) in [6.07, 6.45) is 2.51. The molecule has 0 saturated carbocycles. The second-order valence-corrected chi connectivity index (χ2v) is 4.05. The SMILES string of the molecule is [CH2-]C(C[C-]1CNC1)CC(C)C.[Y]. The summed E-state index contributed by atoms with van der Waals surface area (Å²) in [5, 5.41) is 3.26. The van der Waals surface area contributed by atoms with E-state index in [4.69, 9.17) is 0 Å². The molecule has 1 aliphatic rings. The van der Waals surface area contributed by atoms with Crippen LogP contribution < -0.4 is 5.32 Å². The molecule has 1 radical (unpaired) electrons. The van der Waals surface area contributed by atoms with E-state index in [-0.39, 0.29) is 32.7 Å². The maximum absolute atomic E-state index is 4.15. The predicted molar refractivity (Wildman–Crippen MR) is 49.0 cm³/mol. The molecule has 0 aromatic carbocycles. The summed E-state index contributed by atoms with van der Waals surface area (Å²) < 4.78 is 0. The van der Waals surface area contributed by atoms with Gasteiger partial charge in [0.05, 0.1) is 0 Å². The molecule has 12 heavy (non-hydrogen) atoms. The van der Waals surface area contributed by atoms with Gasteiger partial charge in [0, 0.05) is 32.7 Å². The van der Waals surface area contributed by atoms with Gasteiger partial charge in [-0.15, -0.1) is 13.1 Å². The standard InChI is InChI=1S/C10H19N.Y/c1-8(2)4-9(3)5-10-6-11-7-10;/h8-9,11H,3-7H2,1-2H3;/q-2;. The summed E-state index contributed by atoms with van der Waals surface area (Å²) >= 11 is 0. The maximum Gasteiger partial charge on any atom is 0 e. The van der Waals surface area contributed by atoms with Crippen molar-refractivity contribution in [1.29, 1.82) is 0 Å². The van der Waals surface area contributed by atoms with Gasteiger partial charge < -0.3 is 12.2 Å². The van der Waals surface area contributed by atoms with Crippen LogP contribution >= 0.6 is 0 Å². The van der Waals surface area contributed by atoms with E-state index < -0.39 is 0 Å². The minimum absolute atomic E-state index is 0. The summed E-state index contributed by atoms with van der Waals surface area (Å²) in [6, 6.07) is 0. The molecule has 1 saturated heterocycles. The molecule has 0 bridgehead atoms. The summed E-state index contributed by atoms with van der Waals surface area (Å²) in [7, 11) is 0. The molecule has 1 fully saturated rings. The van der Waals surface area contributed by atoms with E-state index in [1.165, 1.54) is 12.8 Å². The predicted octanol–water partition coefficient (Wildman–Crippen LogP) is 2.05. The van der Waals surface area contributed by atoms with Crippen LogP contribution in [-0.2, 0) is 32.7 Å². The van der Waals surface area contributed by atoms with Gasteiger partial charge in [-0.05, 0) is 5.92 Å². The van der Waals surface area contributed by atoms with Gasteiger partial charge in [0.1, 0.15) is 0 Å². The van der Waals surface area contributed by atoms with Crippen molar-refractivity contribution in [2.75, 3.05) is 13.1 Å². The molecule has 1 N–H and O–H groups in total. The average Bonchev–Trinajstić information content (AvgIpc) is 1.77. The molecule has 0 aromatic heterocycles. The Morgan fingerprint density at radius 2 is 2.00 bits per heavy atom. The smallest absolute Gasteiger partial charge is 0 e. The number of hydrogen-bond donors (Lipinski definition) is 1. The zero-order valence-corrected chi connectivity index (χ0v) is 11.1. The van der Waals surface area contributed by atoms with E-state index >= 15 is 0 Å². The first kappa shape index (κ1) is 13.1. The number of nitrogens with one attached hydrogen (secondary N) is 1. The Morgan fingerprint density at radius 3 is 2.33 bits per heavy atom. The molecule has 1 aliphatic heterocycles. The van der Waals surface area contributed by atoms with Crippen molar-refractivity contribution in [3.8, 4) is 0 Å². The van der Waals surface area contributed by atoms with Crippen molar-refractivity contribution in [2.45, 2.75) is 26.7 Å². The molecule has 0 aliphatic carbocycles. The fourth-order valence-corrected chi connectivity index (χ4v) is 1.60. The van der Waals surface area contributed by atoms with Crippen LogP contribution in [0.5, 0.6) is 0 Å². The normalized spacial score (nSPS) is 20.0. The van der Waals surface area contributed by atoms with Gasteiger partial charge in [-0.25, -0.2) is 0 Å². The van der Waals surface area contributed by atoms with Gasteiger partial charge in [0.2, 0.25) is 0 Å². The van der Waals surface area contributed by atoms with Crippen molar-refractivity contribution in [1.82, 2.24) is 5.32 Å². The first-order valence-electron chi connectivity index (χ1n) is 4.56. The Hall–Kier alpha value is 1.06. The summed E-state index contributed by atoms with van der Waals surface area (Å²) in [5.41, 5.74) is 0. The molecule has 1 atom stereocenters. The van der Waals surface area contributed by atoms with Gasteiger partial charge in [-0.1, -0.05) is 20.3 Å². The molecule has 1 nitrogen and oxygen atoms in total. The Morgan fingerprint density at radius 1 is 1.42 bits per heavy atom. The minimum Gasteiger partial charge on any atom is -0.375 e. The monoisotopic (exact) mass is 242 g/mol. The molecule has 0 spiro atoms. The fourth-order valence-electron chi connectivity index (χ4n) is 1.60. The first-order valence-corrected chi connectivity index (χ1v) is 4.56. The van der Waals surface area contributed by atoms with Crippen molar-refractivity contribution in [3.05, 3.63) is 12.8 Å². The van der Waals surface area contributed by atoms with Crippen molar-refractivity contribution < 1.29 is 32.7 Å². The first-order chi connectivity index (χ1) is 5.18. The van der Waals surface area contributed by atoms with E-state index in [2.05, 4.69) is 26.1 Å². The van der Waals surface area contributed by atoms with Crippen molar-refractivity contribution >= 4 is 0 Å². The molecular weight excluding hydrogens is 223 g/mol.